The number of ether oxygens (including phenoxy) is 1. The molecule has 29 heavy (non-hydrogen) atoms. The molecule has 4 saturated carbocycles. The first-order valence-corrected chi connectivity index (χ1v) is 12.6. The molecule has 0 radical (unpaired) electrons. The van der Waals surface area contributed by atoms with Crippen LogP contribution in [0.2, 0.25) is 0 Å². The van der Waals surface area contributed by atoms with E-state index in [1.54, 1.807) is 0 Å². The lowest BCUT2D eigenvalue weighted by molar-refractivity contribution is -0.140. The van der Waals surface area contributed by atoms with Gasteiger partial charge in [0, 0.05) is 12.5 Å². The summed E-state index contributed by atoms with van der Waals surface area (Å²) < 4.78 is 4.83. The Bertz CT molecular complexity index is 606. The van der Waals surface area contributed by atoms with E-state index in [0.29, 0.717) is 23.3 Å². The molecule has 0 bridgehead atoms. The second-order valence-electron chi connectivity index (χ2n) is 11.9. The molecule has 0 aromatic carbocycles. The molecule has 2 N–H and O–H groups in total. The molecule has 2 unspecified atom stereocenters. The van der Waals surface area contributed by atoms with Gasteiger partial charge in [0.1, 0.15) is 0 Å². The quantitative estimate of drug-likeness (QED) is 0.577. The highest BCUT2D eigenvalue weighted by atomic mass is 16.5. The molecule has 4 rings (SSSR count). The third-order valence-corrected chi connectivity index (χ3v) is 10.7. The second kappa shape index (κ2) is 8.17. The summed E-state index contributed by atoms with van der Waals surface area (Å²) in [5, 5.41) is 0. The first-order valence-electron chi connectivity index (χ1n) is 12.6. The van der Waals surface area contributed by atoms with Crippen LogP contribution in [0.1, 0.15) is 97.8 Å². The van der Waals surface area contributed by atoms with Gasteiger partial charge in [-0.2, -0.15) is 0 Å². The van der Waals surface area contributed by atoms with Crippen LogP contribution in [-0.4, -0.2) is 19.1 Å². The van der Waals surface area contributed by atoms with Gasteiger partial charge < -0.3 is 10.5 Å². The smallest absolute Gasteiger partial charge is 0.305 e. The average Bonchev–Trinajstić information content (AvgIpc) is 3.05. The van der Waals surface area contributed by atoms with Crippen LogP contribution in [0, 0.1) is 46.3 Å². The third kappa shape index (κ3) is 3.68. The standard InChI is InChI=1S/C26H45NO2/c1-17(6-5-7-24(28)29-4)21-10-11-22-20-9-8-18-16-19(27)12-14-25(18,2)23(20)13-15-26(21,22)3/h17-23H,5-16,27H2,1-4H3/t17?,18-,19?,20-,21+,22-,23-,25-,26+/m0/s1. The number of hydrogen-bond donors (Lipinski definition) is 1. The Morgan fingerprint density at radius 1 is 1.03 bits per heavy atom. The molecule has 4 fully saturated rings. The first kappa shape index (κ1) is 21.7. The fourth-order valence-corrected chi connectivity index (χ4v) is 9.14. The van der Waals surface area contributed by atoms with Crippen molar-refractivity contribution in [1.29, 1.82) is 0 Å². The topological polar surface area (TPSA) is 52.3 Å². The zero-order valence-corrected chi connectivity index (χ0v) is 19.4. The van der Waals surface area contributed by atoms with E-state index in [4.69, 9.17) is 10.5 Å². The molecular formula is C26H45NO2. The van der Waals surface area contributed by atoms with Crippen molar-refractivity contribution in [2.24, 2.45) is 52.1 Å². The Labute approximate surface area is 178 Å². The third-order valence-electron chi connectivity index (χ3n) is 10.7. The molecule has 3 heteroatoms. The predicted octanol–water partition coefficient (Wildman–Crippen LogP) is 5.95. The Balaban J connectivity index is 1.44. The van der Waals surface area contributed by atoms with E-state index in [9.17, 15) is 4.79 Å². The monoisotopic (exact) mass is 403 g/mol. The highest BCUT2D eigenvalue weighted by molar-refractivity contribution is 5.68. The van der Waals surface area contributed by atoms with Gasteiger partial charge in [0.15, 0.2) is 0 Å². The van der Waals surface area contributed by atoms with E-state index in [1.807, 2.05) is 0 Å². The van der Waals surface area contributed by atoms with E-state index in [0.717, 1.165) is 41.9 Å². The van der Waals surface area contributed by atoms with Gasteiger partial charge in [-0.3, -0.25) is 4.79 Å². The average molecular weight is 404 g/mol. The van der Waals surface area contributed by atoms with Crippen LogP contribution >= 0.6 is 0 Å². The van der Waals surface area contributed by atoms with Gasteiger partial charge in [0.25, 0.3) is 0 Å². The minimum atomic E-state index is -0.0505. The number of nitrogens with two attached hydrogens (primary N) is 1. The molecule has 0 heterocycles. The summed E-state index contributed by atoms with van der Waals surface area (Å²) in [6, 6.07) is 0.459. The number of hydrogen-bond acceptors (Lipinski definition) is 3. The van der Waals surface area contributed by atoms with Crippen molar-refractivity contribution in [1.82, 2.24) is 0 Å². The van der Waals surface area contributed by atoms with Crippen LogP contribution in [0.25, 0.3) is 0 Å². The highest BCUT2D eigenvalue weighted by Crippen LogP contribution is 2.68. The lowest BCUT2D eigenvalue weighted by Crippen LogP contribution is -2.54. The number of esters is 1. The SMILES string of the molecule is COC(=O)CCCC(C)[C@H]1CC[C@H]2[C@@H]3CC[C@H]4CC(N)CC[C@]4(C)[C@H]3CC[C@]12C. The fourth-order valence-electron chi connectivity index (χ4n) is 9.14. The maximum atomic E-state index is 11.5. The van der Waals surface area contributed by atoms with E-state index >= 15 is 0 Å². The summed E-state index contributed by atoms with van der Waals surface area (Å²) in [7, 11) is 1.50. The number of carbonyl (C=O) groups excluding carboxylic acids is 1. The maximum absolute atomic E-state index is 11.5. The predicted molar refractivity (Wildman–Crippen MR) is 118 cm³/mol. The molecule has 4 aliphatic rings. The molecule has 0 aliphatic heterocycles. The Hall–Kier alpha value is -0.570. The van der Waals surface area contributed by atoms with Gasteiger partial charge in [-0.25, -0.2) is 0 Å². The second-order valence-corrected chi connectivity index (χ2v) is 11.9. The molecule has 0 amide bonds. The van der Waals surface area contributed by atoms with Gasteiger partial charge in [0.2, 0.25) is 0 Å². The highest BCUT2D eigenvalue weighted by Gasteiger charge is 2.60. The summed E-state index contributed by atoms with van der Waals surface area (Å²) >= 11 is 0. The summed E-state index contributed by atoms with van der Waals surface area (Å²) in [4.78, 5) is 11.5. The molecular weight excluding hydrogens is 358 g/mol. The van der Waals surface area contributed by atoms with Crippen molar-refractivity contribution in [2.45, 2.75) is 104 Å². The molecule has 3 nitrogen and oxygen atoms in total. The van der Waals surface area contributed by atoms with Crippen molar-refractivity contribution in [2.75, 3.05) is 7.11 Å². The Morgan fingerprint density at radius 3 is 2.52 bits per heavy atom. The van der Waals surface area contributed by atoms with Gasteiger partial charge in [-0.15, -0.1) is 0 Å². The lowest BCUT2D eigenvalue weighted by Gasteiger charge is -2.61. The van der Waals surface area contributed by atoms with Crippen LogP contribution in [0.15, 0.2) is 0 Å². The summed E-state index contributed by atoms with van der Waals surface area (Å²) in [5.41, 5.74) is 7.45. The zero-order chi connectivity index (χ0) is 20.8. The molecule has 0 aromatic heterocycles. The minimum Gasteiger partial charge on any atom is -0.469 e. The minimum absolute atomic E-state index is 0.0505. The maximum Gasteiger partial charge on any atom is 0.305 e. The van der Waals surface area contributed by atoms with Crippen LogP contribution < -0.4 is 5.73 Å². The summed E-state index contributed by atoms with van der Waals surface area (Å²) in [5.74, 6) is 5.23. The number of methoxy groups -OCH3 is 1. The zero-order valence-electron chi connectivity index (χ0n) is 19.4. The van der Waals surface area contributed by atoms with E-state index < -0.39 is 0 Å². The first-order chi connectivity index (χ1) is 13.8. The Morgan fingerprint density at radius 2 is 1.76 bits per heavy atom. The van der Waals surface area contributed by atoms with Crippen molar-refractivity contribution < 1.29 is 9.53 Å². The molecule has 0 spiro atoms. The van der Waals surface area contributed by atoms with Crippen molar-refractivity contribution in [3.8, 4) is 0 Å². The molecule has 0 aromatic rings. The van der Waals surface area contributed by atoms with Crippen LogP contribution in [0.3, 0.4) is 0 Å². The van der Waals surface area contributed by atoms with E-state index in [-0.39, 0.29) is 5.97 Å². The largest absolute Gasteiger partial charge is 0.469 e. The molecule has 9 atom stereocenters. The number of carbonyl (C=O) groups is 1. The van der Waals surface area contributed by atoms with Crippen LogP contribution in [-0.2, 0) is 9.53 Å². The molecule has 166 valence electrons. The van der Waals surface area contributed by atoms with Crippen LogP contribution in [0.4, 0.5) is 0 Å². The van der Waals surface area contributed by atoms with Crippen molar-refractivity contribution in [3.63, 3.8) is 0 Å². The van der Waals surface area contributed by atoms with Crippen molar-refractivity contribution in [3.05, 3.63) is 0 Å². The van der Waals surface area contributed by atoms with Gasteiger partial charge in [-0.1, -0.05) is 20.8 Å². The molecule has 4 aliphatic carbocycles. The lowest BCUT2D eigenvalue weighted by atomic mass is 9.44. The van der Waals surface area contributed by atoms with Crippen molar-refractivity contribution >= 4 is 5.97 Å². The summed E-state index contributed by atoms with van der Waals surface area (Å²) in [6.07, 6.45) is 15.3. The van der Waals surface area contributed by atoms with Gasteiger partial charge in [-0.05, 0) is 117 Å². The van der Waals surface area contributed by atoms with E-state index in [1.165, 1.54) is 71.3 Å². The number of fused-ring (bicyclic) bond motifs is 5. The summed E-state index contributed by atoms with van der Waals surface area (Å²) in [6.45, 7) is 7.75. The Kier molecular flexibility index (Phi) is 6.10. The van der Waals surface area contributed by atoms with Gasteiger partial charge >= 0.3 is 5.97 Å². The van der Waals surface area contributed by atoms with E-state index in [2.05, 4.69) is 20.8 Å². The van der Waals surface area contributed by atoms with Crippen LogP contribution in [0.5, 0.6) is 0 Å². The normalized spacial score (nSPS) is 47.6. The van der Waals surface area contributed by atoms with Gasteiger partial charge in [0.05, 0.1) is 7.11 Å². The number of rotatable bonds is 5. The fraction of sp³-hybridized carbons (Fsp3) is 0.962. The molecule has 0 saturated heterocycles.